The Balaban J connectivity index is 1.65. The molecule has 0 atom stereocenters. The van der Waals surface area contributed by atoms with E-state index in [1.165, 1.54) is 17.0 Å². The molecule has 0 aliphatic rings. The lowest BCUT2D eigenvalue weighted by Crippen LogP contribution is -2.35. The van der Waals surface area contributed by atoms with E-state index in [1.807, 2.05) is 53.4 Å². The van der Waals surface area contributed by atoms with Gasteiger partial charge in [0.1, 0.15) is 0 Å². The van der Waals surface area contributed by atoms with Gasteiger partial charge in [0.05, 0.1) is 11.3 Å². The van der Waals surface area contributed by atoms with E-state index in [0.29, 0.717) is 41.8 Å². The van der Waals surface area contributed by atoms with Crippen molar-refractivity contribution < 1.29 is 27.9 Å². The van der Waals surface area contributed by atoms with Crippen LogP contribution in [0.2, 0.25) is 0 Å². The van der Waals surface area contributed by atoms with Gasteiger partial charge in [-0.1, -0.05) is 92.2 Å². The molecule has 0 spiro atoms. The number of carboxylic acids is 1. The molecule has 0 saturated carbocycles. The average Bonchev–Trinajstić information content (AvgIpc) is 3.06. The van der Waals surface area contributed by atoms with E-state index in [2.05, 4.69) is 6.92 Å². The van der Waals surface area contributed by atoms with Crippen LogP contribution in [0.1, 0.15) is 58.0 Å². The van der Waals surface area contributed by atoms with Gasteiger partial charge in [-0.05, 0) is 59.4 Å². The second-order valence-electron chi connectivity index (χ2n) is 11.0. The Morgan fingerprint density at radius 1 is 0.674 bits per heavy atom. The summed E-state index contributed by atoms with van der Waals surface area (Å²) in [5.74, 6) is -1.54. The van der Waals surface area contributed by atoms with Crippen LogP contribution >= 0.6 is 0 Å². The number of primary sulfonamides is 1. The van der Waals surface area contributed by atoms with Crippen molar-refractivity contribution in [3.8, 4) is 11.1 Å². The quantitative estimate of drug-likeness (QED) is 0.173. The molecule has 240 valence electrons. The zero-order valence-electron chi connectivity index (χ0n) is 25.8. The molecule has 9 nitrogen and oxygen atoms in total. The summed E-state index contributed by atoms with van der Waals surface area (Å²) in [6.07, 6.45) is 1.89. The molecule has 0 saturated heterocycles. The Kier molecular flexibility index (Phi) is 11.8. The van der Waals surface area contributed by atoms with Crippen LogP contribution in [0.25, 0.3) is 11.1 Å². The molecular formula is C36H39N3O6S. The highest BCUT2D eigenvalue weighted by Crippen LogP contribution is 2.30. The predicted octanol–water partition coefficient (Wildman–Crippen LogP) is 5.60. The van der Waals surface area contributed by atoms with E-state index in [-0.39, 0.29) is 36.2 Å². The van der Waals surface area contributed by atoms with Crippen molar-refractivity contribution in [1.82, 2.24) is 9.80 Å². The molecule has 0 heterocycles. The number of hydrogen-bond donors (Lipinski definition) is 2. The van der Waals surface area contributed by atoms with E-state index in [1.54, 1.807) is 42.5 Å². The Morgan fingerprint density at radius 3 is 1.76 bits per heavy atom. The highest BCUT2D eigenvalue weighted by Gasteiger charge is 2.24. The third-order valence-electron chi connectivity index (χ3n) is 7.70. The van der Waals surface area contributed by atoms with E-state index in [4.69, 9.17) is 5.14 Å². The van der Waals surface area contributed by atoms with Crippen LogP contribution in [0.15, 0.2) is 108 Å². The predicted molar refractivity (Wildman–Crippen MR) is 178 cm³/mol. The monoisotopic (exact) mass is 641 g/mol. The summed E-state index contributed by atoms with van der Waals surface area (Å²) in [5.41, 5.74) is 3.79. The Morgan fingerprint density at radius 2 is 1.22 bits per heavy atom. The Bertz CT molecular complexity index is 1760. The van der Waals surface area contributed by atoms with Crippen LogP contribution in [0.4, 0.5) is 0 Å². The van der Waals surface area contributed by atoms with Gasteiger partial charge < -0.3 is 14.9 Å². The summed E-state index contributed by atoms with van der Waals surface area (Å²) in [5, 5.41) is 14.6. The van der Waals surface area contributed by atoms with Crippen molar-refractivity contribution in [2.24, 2.45) is 5.14 Å². The molecular weight excluding hydrogens is 602 g/mol. The summed E-state index contributed by atoms with van der Waals surface area (Å²) in [6, 6.07) is 30.1. The van der Waals surface area contributed by atoms with Crippen molar-refractivity contribution in [3.63, 3.8) is 0 Å². The molecule has 0 unspecified atom stereocenters. The summed E-state index contributed by atoms with van der Waals surface area (Å²) in [7, 11) is -3.84. The number of unbranched alkanes of at least 4 members (excludes halogenated alkanes) is 1. The van der Waals surface area contributed by atoms with Crippen molar-refractivity contribution in [2.45, 2.75) is 44.0 Å². The van der Waals surface area contributed by atoms with Crippen LogP contribution in [-0.2, 0) is 27.8 Å². The van der Waals surface area contributed by atoms with E-state index >= 15 is 0 Å². The topological polar surface area (TPSA) is 138 Å². The number of carboxylic acid groups (broad SMARTS) is 1. The number of nitrogens with zero attached hydrogens (tertiary/aromatic N) is 2. The summed E-state index contributed by atoms with van der Waals surface area (Å²) in [6.45, 7) is 3.28. The number of sulfonamides is 1. The largest absolute Gasteiger partial charge is 0.481 e. The minimum absolute atomic E-state index is 0.0192. The molecule has 4 rings (SSSR count). The molecule has 0 fully saturated rings. The second kappa shape index (κ2) is 16.0. The van der Waals surface area contributed by atoms with Gasteiger partial charge in [-0.15, -0.1) is 0 Å². The standard InChI is InChI=1S/C36H39N3O6S/c1-2-3-23-39(26-28-11-5-4-6-12-28)36(43)33-16-10-8-14-31(33)30-13-7-9-15-32(30)35(42)38(25-22-34(40)41)24-21-27-17-19-29(20-18-27)46(37,44)45/h4-20H,2-3,21-26H2,1H3,(H,40,41)(H2,37,44,45). The first-order valence-corrected chi connectivity index (χ1v) is 16.8. The fourth-order valence-corrected chi connectivity index (χ4v) is 5.73. The molecule has 4 aromatic rings. The summed E-state index contributed by atoms with van der Waals surface area (Å²) in [4.78, 5) is 43.0. The van der Waals surface area contributed by atoms with Crippen LogP contribution in [0.3, 0.4) is 0 Å². The van der Waals surface area contributed by atoms with Gasteiger partial charge in [0, 0.05) is 37.3 Å². The van der Waals surface area contributed by atoms with Gasteiger partial charge in [-0.3, -0.25) is 14.4 Å². The highest BCUT2D eigenvalue weighted by molar-refractivity contribution is 7.89. The molecule has 0 bridgehead atoms. The minimum Gasteiger partial charge on any atom is -0.481 e. The fourth-order valence-electron chi connectivity index (χ4n) is 5.21. The first kappa shape index (κ1) is 34.1. The number of rotatable bonds is 15. The second-order valence-corrected chi connectivity index (χ2v) is 12.6. The first-order chi connectivity index (χ1) is 22.1. The van der Waals surface area contributed by atoms with Crippen LogP contribution in [0.5, 0.6) is 0 Å². The van der Waals surface area contributed by atoms with Gasteiger partial charge in [0.15, 0.2) is 0 Å². The normalized spacial score (nSPS) is 11.2. The zero-order chi connectivity index (χ0) is 33.1. The summed E-state index contributed by atoms with van der Waals surface area (Å²) >= 11 is 0. The van der Waals surface area contributed by atoms with Crippen molar-refractivity contribution in [1.29, 1.82) is 0 Å². The lowest BCUT2D eigenvalue weighted by molar-refractivity contribution is -0.137. The van der Waals surface area contributed by atoms with Crippen molar-refractivity contribution >= 4 is 27.8 Å². The Labute approximate surface area is 270 Å². The number of aliphatic carboxylic acids is 1. The van der Waals surface area contributed by atoms with E-state index < -0.39 is 16.0 Å². The van der Waals surface area contributed by atoms with E-state index in [0.717, 1.165) is 24.0 Å². The average molecular weight is 642 g/mol. The van der Waals surface area contributed by atoms with Crippen molar-refractivity contribution in [2.75, 3.05) is 19.6 Å². The molecule has 46 heavy (non-hydrogen) atoms. The number of carbonyl (C=O) groups excluding carboxylic acids is 2. The van der Waals surface area contributed by atoms with Gasteiger partial charge in [0.25, 0.3) is 11.8 Å². The SMILES string of the molecule is CCCCN(Cc1ccccc1)C(=O)c1ccccc1-c1ccccc1C(=O)N(CCC(=O)O)CCc1ccc(S(N)(=O)=O)cc1. The molecule has 0 radical (unpaired) electrons. The molecule has 3 N–H and O–H groups in total. The molecule has 0 aromatic heterocycles. The van der Waals surface area contributed by atoms with Crippen LogP contribution in [-0.4, -0.2) is 60.7 Å². The van der Waals surface area contributed by atoms with Gasteiger partial charge in [-0.2, -0.15) is 0 Å². The van der Waals surface area contributed by atoms with E-state index in [9.17, 15) is 27.9 Å². The molecule has 0 aliphatic heterocycles. The highest BCUT2D eigenvalue weighted by atomic mass is 32.2. The van der Waals surface area contributed by atoms with Gasteiger partial charge >= 0.3 is 5.97 Å². The number of amides is 2. The molecule has 2 amide bonds. The zero-order valence-corrected chi connectivity index (χ0v) is 26.7. The van der Waals surface area contributed by atoms with Crippen molar-refractivity contribution in [3.05, 3.63) is 125 Å². The molecule has 4 aromatic carbocycles. The summed E-state index contributed by atoms with van der Waals surface area (Å²) < 4.78 is 23.3. The first-order valence-electron chi connectivity index (χ1n) is 15.2. The fraction of sp³-hybridized carbons (Fsp3) is 0.250. The van der Waals surface area contributed by atoms with Gasteiger partial charge in [0.2, 0.25) is 10.0 Å². The lowest BCUT2D eigenvalue weighted by atomic mass is 9.93. The van der Waals surface area contributed by atoms with Crippen LogP contribution in [0, 0.1) is 0 Å². The molecule has 0 aliphatic carbocycles. The third-order valence-corrected chi connectivity index (χ3v) is 8.62. The maximum absolute atomic E-state index is 14.1. The number of hydrogen-bond acceptors (Lipinski definition) is 5. The maximum Gasteiger partial charge on any atom is 0.305 e. The lowest BCUT2D eigenvalue weighted by Gasteiger charge is -2.26. The number of benzene rings is 4. The maximum atomic E-state index is 14.1. The van der Waals surface area contributed by atoms with Gasteiger partial charge in [-0.25, -0.2) is 13.6 Å². The molecule has 10 heteroatoms. The van der Waals surface area contributed by atoms with Crippen LogP contribution < -0.4 is 5.14 Å². The number of nitrogens with two attached hydrogens (primary N) is 1. The third kappa shape index (κ3) is 9.12. The smallest absolute Gasteiger partial charge is 0.305 e. The number of carbonyl (C=O) groups is 3. The minimum atomic E-state index is -3.84. The Hall–Kier alpha value is -4.80.